The number of nitrogens with zero attached hydrogens (tertiary/aromatic N) is 6. The number of carbonyl (C=O) groups excluding carboxylic acids is 3. The molecule has 3 aromatic rings. The molecule has 2 aliphatic heterocycles. The molecule has 10 nitrogen and oxygen atoms in total. The number of aryl methyl sites for hydroxylation is 1. The van der Waals surface area contributed by atoms with Crippen LogP contribution in [0.3, 0.4) is 0 Å². The molecule has 1 saturated carbocycles. The Hall–Kier alpha value is -4.15. The number of carbonyl (C=O) groups is 3. The van der Waals surface area contributed by atoms with Crippen LogP contribution >= 0.6 is 0 Å². The van der Waals surface area contributed by atoms with Gasteiger partial charge in [0.1, 0.15) is 5.82 Å². The van der Waals surface area contributed by atoms with E-state index in [-0.39, 0.29) is 37.3 Å². The number of nitrogens with one attached hydrogen (secondary N) is 1. The van der Waals surface area contributed by atoms with Crippen molar-refractivity contribution in [1.82, 2.24) is 35.1 Å². The van der Waals surface area contributed by atoms with Crippen molar-refractivity contribution in [3.8, 4) is 0 Å². The van der Waals surface area contributed by atoms with Gasteiger partial charge in [0.25, 0.3) is 5.91 Å². The van der Waals surface area contributed by atoms with E-state index in [1.165, 1.54) is 29.8 Å². The van der Waals surface area contributed by atoms with Crippen molar-refractivity contribution in [1.29, 1.82) is 0 Å². The normalized spacial score (nSPS) is 19.7. The summed E-state index contributed by atoms with van der Waals surface area (Å²) in [5, 5.41) is 15.2. The minimum Gasteiger partial charge on any atom is -0.350 e. The highest BCUT2D eigenvalue weighted by atomic mass is 19.1. The van der Waals surface area contributed by atoms with Gasteiger partial charge in [-0.05, 0) is 43.4 Å². The minimum atomic E-state index is -0.497. The van der Waals surface area contributed by atoms with Crippen LogP contribution in [0.4, 0.5) is 4.39 Å². The molecule has 1 unspecified atom stereocenters. The van der Waals surface area contributed by atoms with Crippen molar-refractivity contribution in [3.63, 3.8) is 0 Å². The van der Waals surface area contributed by atoms with E-state index in [1.807, 2.05) is 13.0 Å². The van der Waals surface area contributed by atoms with E-state index in [2.05, 4.69) is 34.5 Å². The zero-order chi connectivity index (χ0) is 29.2. The van der Waals surface area contributed by atoms with Crippen LogP contribution in [0, 0.1) is 29.5 Å². The number of hydrogen-bond donors (Lipinski definition) is 1. The Morgan fingerprint density at radius 2 is 1.83 bits per heavy atom. The number of amides is 3. The van der Waals surface area contributed by atoms with Gasteiger partial charge >= 0.3 is 0 Å². The van der Waals surface area contributed by atoms with Crippen LogP contribution < -0.4 is 5.32 Å². The van der Waals surface area contributed by atoms with Gasteiger partial charge in [-0.2, -0.15) is 15.3 Å². The lowest BCUT2D eigenvalue weighted by Gasteiger charge is -2.48. The van der Waals surface area contributed by atoms with Crippen LogP contribution in [-0.2, 0) is 22.7 Å². The molecular formula is C30H36FN7O3. The number of rotatable bonds is 7. The predicted molar refractivity (Wildman–Crippen MR) is 149 cm³/mol. The Kier molecular flexibility index (Phi) is 7.88. The van der Waals surface area contributed by atoms with Gasteiger partial charge in [-0.15, -0.1) is 0 Å². The van der Waals surface area contributed by atoms with Gasteiger partial charge in [-0.3, -0.25) is 19.1 Å². The summed E-state index contributed by atoms with van der Waals surface area (Å²) in [4.78, 5) is 41.0. The third kappa shape index (κ3) is 6.61. The van der Waals surface area contributed by atoms with Gasteiger partial charge in [-0.1, -0.05) is 32.0 Å². The zero-order valence-corrected chi connectivity index (χ0v) is 23.7. The second-order valence-electron chi connectivity index (χ2n) is 12.2. The number of halogens is 1. The first-order chi connectivity index (χ1) is 19.6. The van der Waals surface area contributed by atoms with Gasteiger partial charge in [-0.25, -0.2) is 4.39 Å². The average molecular weight is 562 g/mol. The summed E-state index contributed by atoms with van der Waals surface area (Å²) in [6.45, 7) is 8.28. The monoisotopic (exact) mass is 561 g/mol. The summed E-state index contributed by atoms with van der Waals surface area (Å²) >= 11 is 0. The molecule has 2 aromatic heterocycles. The molecule has 1 aliphatic carbocycles. The Bertz CT molecular complexity index is 1410. The molecule has 1 aromatic carbocycles. The first kappa shape index (κ1) is 28.4. The van der Waals surface area contributed by atoms with Crippen molar-refractivity contribution in [2.45, 2.75) is 46.7 Å². The Labute approximate surface area is 238 Å². The lowest BCUT2D eigenvalue weighted by molar-refractivity contribution is -0.140. The first-order valence-corrected chi connectivity index (χ1v) is 13.9. The fraction of sp³-hybridized carbons (Fsp3) is 0.467. The first-order valence-electron chi connectivity index (χ1n) is 13.9. The van der Waals surface area contributed by atoms with Crippen molar-refractivity contribution in [2.24, 2.45) is 16.7 Å². The highest BCUT2D eigenvalue weighted by Gasteiger charge is 2.57. The summed E-state index contributed by atoms with van der Waals surface area (Å²) in [6, 6.07) is 10.0. The smallest absolute Gasteiger partial charge is 0.257 e. The van der Waals surface area contributed by atoms with Gasteiger partial charge in [0, 0.05) is 43.4 Å². The lowest BCUT2D eigenvalue weighted by atomic mass is 9.71. The van der Waals surface area contributed by atoms with E-state index in [1.54, 1.807) is 40.3 Å². The molecular weight excluding hydrogens is 525 g/mol. The van der Waals surface area contributed by atoms with Crippen LogP contribution in [0.1, 0.15) is 54.0 Å². The van der Waals surface area contributed by atoms with Gasteiger partial charge in [0.2, 0.25) is 12.3 Å². The molecule has 4 heterocycles. The van der Waals surface area contributed by atoms with Crippen LogP contribution in [0.15, 0.2) is 48.8 Å². The fourth-order valence-corrected chi connectivity index (χ4v) is 5.26. The molecule has 2 saturated heterocycles. The highest BCUT2D eigenvalue weighted by Crippen LogP contribution is 2.44. The van der Waals surface area contributed by atoms with Crippen LogP contribution in [0.2, 0.25) is 0 Å². The molecule has 1 spiro atoms. The summed E-state index contributed by atoms with van der Waals surface area (Å²) < 4.78 is 15.5. The van der Waals surface area contributed by atoms with Gasteiger partial charge in [0.15, 0.2) is 0 Å². The fourth-order valence-electron chi connectivity index (χ4n) is 5.26. The Morgan fingerprint density at radius 1 is 1.10 bits per heavy atom. The topological polar surface area (TPSA) is 113 Å². The second kappa shape index (κ2) is 11.4. The molecule has 41 heavy (non-hydrogen) atoms. The van der Waals surface area contributed by atoms with E-state index < -0.39 is 11.3 Å². The summed E-state index contributed by atoms with van der Waals surface area (Å²) in [7, 11) is 0. The third-order valence-corrected chi connectivity index (χ3v) is 8.15. The average Bonchev–Trinajstić information content (AvgIpc) is 3.30. The standard InChI is InChI=1S/C25H26FN7O3.C5H10/c1-17-6-7-20(30-29-17)9-27-23(35)21-12-32(15-25(21)13-31(14-25)16-34)24(36)19-8-28-33(11-19)10-18-4-2-3-5-22(18)26;1-5(2)3-4-5/h2-8,11,16,21H,9-10,12-15H2,1H3,(H,27,35);3-4H2,1-2H3. The van der Waals surface area contributed by atoms with E-state index in [0.717, 1.165) is 17.5 Å². The van der Waals surface area contributed by atoms with Crippen molar-refractivity contribution >= 4 is 18.2 Å². The molecule has 216 valence electrons. The highest BCUT2D eigenvalue weighted by molar-refractivity contribution is 5.95. The molecule has 0 bridgehead atoms. The molecule has 3 fully saturated rings. The van der Waals surface area contributed by atoms with Crippen molar-refractivity contribution in [3.05, 3.63) is 77.1 Å². The number of hydrogen-bond acceptors (Lipinski definition) is 6. The SMILES string of the molecule is CC1(C)CC1.Cc1ccc(CNC(=O)C2CN(C(=O)c3cnn(Cc4ccccc4F)c3)CC23CN(C=O)C3)nn1. The van der Waals surface area contributed by atoms with E-state index in [4.69, 9.17) is 0 Å². The predicted octanol–water partition coefficient (Wildman–Crippen LogP) is 2.82. The molecule has 1 N–H and O–H groups in total. The summed E-state index contributed by atoms with van der Waals surface area (Å²) in [5.41, 5.74) is 2.51. The van der Waals surface area contributed by atoms with Gasteiger partial charge in [0.05, 0.1) is 42.2 Å². The number of aromatic nitrogens is 4. The Morgan fingerprint density at radius 3 is 2.46 bits per heavy atom. The third-order valence-electron chi connectivity index (χ3n) is 8.15. The molecule has 6 rings (SSSR count). The van der Waals surface area contributed by atoms with Crippen LogP contribution in [0.25, 0.3) is 0 Å². The van der Waals surface area contributed by atoms with Crippen LogP contribution in [-0.4, -0.2) is 74.2 Å². The van der Waals surface area contributed by atoms with Crippen LogP contribution in [0.5, 0.6) is 0 Å². The molecule has 0 radical (unpaired) electrons. The van der Waals surface area contributed by atoms with E-state index in [9.17, 15) is 18.8 Å². The van der Waals surface area contributed by atoms with Crippen molar-refractivity contribution in [2.75, 3.05) is 26.2 Å². The maximum atomic E-state index is 14.0. The van der Waals surface area contributed by atoms with E-state index in [0.29, 0.717) is 36.5 Å². The second-order valence-corrected chi connectivity index (χ2v) is 12.2. The minimum absolute atomic E-state index is 0.187. The van der Waals surface area contributed by atoms with E-state index >= 15 is 0 Å². The number of benzene rings is 1. The molecule has 3 amide bonds. The summed E-state index contributed by atoms with van der Waals surface area (Å²) in [5.74, 6) is -1.24. The Balaban J connectivity index is 0.000000610. The largest absolute Gasteiger partial charge is 0.350 e. The molecule has 1 atom stereocenters. The maximum absolute atomic E-state index is 14.0. The maximum Gasteiger partial charge on any atom is 0.257 e. The number of likely N-dealkylation sites (tertiary alicyclic amines) is 2. The summed E-state index contributed by atoms with van der Waals surface area (Å²) in [6.07, 6.45) is 6.71. The molecule has 11 heteroatoms. The molecule has 3 aliphatic rings. The van der Waals surface area contributed by atoms with Crippen molar-refractivity contribution < 1.29 is 18.8 Å². The quantitative estimate of drug-likeness (QED) is 0.444. The lowest BCUT2D eigenvalue weighted by Crippen LogP contribution is -2.62. The van der Waals surface area contributed by atoms with Gasteiger partial charge < -0.3 is 15.1 Å². The zero-order valence-electron chi connectivity index (χ0n) is 23.7.